The minimum Gasteiger partial charge on any atom is -0.480 e. The molecule has 0 aromatic heterocycles. The van der Waals surface area contributed by atoms with E-state index in [1.165, 1.54) is 4.90 Å². The van der Waals surface area contributed by atoms with Crippen LogP contribution in [0.1, 0.15) is 26.7 Å². The third kappa shape index (κ3) is 5.24. The summed E-state index contributed by atoms with van der Waals surface area (Å²) in [4.78, 5) is 25.2. The van der Waals surface area contributed by atoms with Crippen LogP contribution in [0.5, 0.6) is 0 Å². The molecule has 0 aromatic carbocycles. The highest BCUT2D eigenvalue weighted by Gasteiger charge is 2.18. The van der Waals surface area contributed by atoms with Crippen molar-refractivity contribution >= 4 is 12.0 Å². The van der Waals surface area contributed by atoms with E-state index in [4.69, 9.17) is 5.11 Å². The predicted octanol–water partition coefficient (Wildman–Crippen LogP) is 1.24. The molecule has 0 unspecified atom stereocenters. The van der Waals surface area contributed by atoms with Crippen LogP contribution >= 0.6 is 0 Å². The third-order valence-electron chi connectivity index (χ3n) is 1.98. The number of urea groups is 1. The predicted molar refractivity (Wildman–Crippen MR) is 57.8 cm³/mol. The number of aliphatic carboxylic acids is 1. The van der Waals surface area contributed by atoms with Gasteiger partial charge in [0.2, 0.25) is 0 Å². The van der Waals surface area contributed by atoms with Crippen molar-refractivity contribution in [3.8, 4) is 0 Å². The van der Waals surface area contributed by atoms with Gasteiger partial charge in [0.05, 0.1) is 0 Å². The summed E-state index contributed by atoms with van der Waals surface area (Å²) in [7, 11) is 1.69. The molecule has 0 saturated carbocycles. The van der Waals surface area contributed by atoms with Crippen molar-refractivity contribution in [1.82, 2.24) is 9.80 Å². The lowest BCUT2D eigenvalue weighted by atomic mass is 10.4. The van der Waals surface area contributed by atoms with E-state index < -0.39 is 5.97 Å². The number of carbonyl (C=O) groups is 2. The van der Waals surface area contributed by atoms with Crippen molar-refractivity contribution in [2.24, 2.45) is 0 Å². The fraction of sp³-hybridized carbons (Fsp3) is 0.800. The molecule has 0 atom stereocenters. The Bertz CT molecular complexity index is 219. The number of carbonyl (C=O) groups excluding carboxylic acids is 1. The lowest BCUT2D eigenvalue weighted by Crippen LogP contribution is -2.44. The van der Waals surface area contributed by atoms with Crippen molar-refractivity contribution in [1.29, 1.82) is 0 Å². The molecule has 2 amide bonds. The van der Waals surface area contributed by atoms with Gasteiger partial charge in [-0.25, -0.2) is 4.79 Å². The summed E-state index contributed by atoms with van der Waals surface area (Å²) in [6.07, 6.45) is 1.63. The van der Waals surface area contributed by atoms with Gasteiger partial charge in [0, 0.05) is 20.1 Å². The molecule has 88 valence electrons. The number of nitrogens with zero attached hydrogens (tertiary/aromatic N) is 2. The standard InChI is InChI=1S/C10H20N2O3/c1-4-6-11(3)10(15)12(7-5-2)8-9(13)14/h4-8H2,1-3H3,(H,13,14). The van der Waals surface area contributed by atoms with Crippen molar-refractivity contribution < 1.29 is 14.7 Å². The van der Waals surface area contributed by atoms with E-state index >= 15 is 0 Å². The van der Waals surface area contributed by atoms with Crippen LogP contribution in [0.25, 0.3) is 0 Å². The van der Waals surface area contributed by atoms with Crippen LogP contribution in [0.4, 0.5) is 4.79 Å². The fourth-order valence-corrected chi connectivity index (χ4v) is 1.35. The molecule has 0 spiro atoms. The van der Waals surface area contributed by atoms with Gasteiger partial charge in [0.25, 0.3) is 0 Å². The topological polar surface area (TPSA) is 60.9 Å². The molecule has 1 N–H and O–H groups in total. The van der Waals surface area contributed by atoms with Gasteiger partial charge < -0.3 is 14.9 Å². The highest BCUT2D eigenvalue weighted by atomic mass is 16.4. The maximum atomic E-state index is 11.7. The number of carboxylic acid groups (broad SMARTS) is 1. The Morgan fingerprint density at radius 2 is 1.67 bits per heavy atom. The average molecular weight is 216 g/mol. The second-order valence-corrected chi connectivity index (χ2v) is 3.52. The summed E-state index contributed by atoms with van der Waals surface area (Å²) in [5, 5.41) is 8.66. The van der Waals surface area contributed by atoms with Gasteiger partial charge in [-0.1, -0.05) is 13.8 Å². The normalized spacial score (nSPS) is 9.80. The Kier molecular flexibility index (Phi) is 6.49. The van der Waals surface area contributed by atoms with E-state index in [0.29, 0.717) is 13.1 Å². The zero-order valence-corrected chi connectivity index (χ0v) is 9.69. The van der Waals surface area contributed by atoms with Crippen molar-refractivity contribution in [3.05, 3.63) is 0 Å². The Balaban J connectivity index is 4.32. The quantitative estimate of drug-likeness (QED) is 0.726. The summed E-state index contributed by atoms with van der Waals surface area (Å²) < 4.78 is 0. The number of amides is 2. The molecule has 15 heavy (non-hydrogen) atoms. The van der Waals surface area contributed by atoms with Crippen molar-refractivity contribution in [2.45, 2.75) is 26.7 Å². The molecule has 0 bridgehead atoms. The van der Waals surface area contributed by atoms with E-state index in [1.54, 1.807) is 11.9 Å². The Hall–Kier alpha value is -1.26. The van der Waals surface area contributed by atoms with Gasteiger partial charge in [-0.2, -0.15) is 0 Å². The number of rotatable bonds is 6. The molecular weight excluding hydrogens is 196 g/mol. The maximum absolute atomic E-state index is 11.7. The van der Waals surface area contributed by atoms with E-state index in [1.807, 2.05) is 13.8 Å². The zero-order chi connectivity index (χ0) is 11.8. The third-order valence-corrected chi connectivity index (χ3v) is 1.98. The zero-order valence-electron chi connectivity index (χ0n) is 9.69. The van der Waals surface area contributed by atoms with E-state index in [-0.39, 0.29) is 12.6 Å². The van der Waals surface area contributed by atoms with E-state index in [9.17, 15) is 9.59 Å². The number of hydrogen-bond acceptors (Lipinski definition) is 2. The molecule has 0 aromatic rings. The lowest BCUT2D eigenvalue weighted by molar-refractivity contribution is -0.137. The van der Waals surface area contributed by atoms with Crippen LogP contribution in [-0.2, 0) is 4.79 Å². The van der Waals surface area contributed by atoms with Crippen LogP contribution in [0.15, 0.2) is 0 Å². The molecule has 0 radical (unpaired) electrons. The molecule has 0 aliphatic carbocycles. The van der Waals surface area contributed by atoms with Gasteiger partial charge >= 0.3 is 12.0 Å². The summed E-state index contributed by atoms with van der Waals surface area (Å²) >= 11 is 0. The molecule has 0 saturated heterocycles. The van der Waals surface area contributed by atoms with Crippen LogP contribution in [-0.4, -0.2) is 53.6 Å². The molecule has 0 fully saturated rings. The molecule has 0 aliphatic rings. The monoisotopic (exact) mass is 216 g/mol. The summed E-state index contributed by atoms with van der Waals surface area (Å²) in [5.74, 6) is -0.971. The van der Waals surface area contributed by atoms with Gasteiger partial charge in [0.15, 0.2) is 0 Å². The first-order chi connectivity index (χ1) is 7.02. The smallest absolute Gasteiger partial charge is 0.323 e. The summed E-state index contributed by atoms with van der Waals surface area (Å²) in [6.45, 7) is 4.81. The fourth-order valence-electron chi connectivity index (χ4n) is 1.35. The van der Waals surface area contributed by atoms with Gasteiger partial charge in [-0.05, 0) is 12.8 Å². The Morgan fingerprint density at radius 1 is 1.13 bits per heavy atom. The average Bonchev–Trinajstić information content (AvgIpc) is 2.16. The maximum Gasteiger partial charge on any atom is 0.323 e. The minimum atomic E-state index is -0.971. The summed E-state index contributed by atoms with van der Waals surface area (Å²) in [5.41, 5.74) is 0. The van der Waals surface area contributed by atoms with Crippen molar-refractivity contribution in [3.63, 3.8) is 0 Å². The van der Waals surface area contributed by atoms with Crippen LogP contribution in [0.3, 0.4) is 0 Å². The summed E-state index contributed by atoms with van der Waals surface area (Å²) in [6, 6.07) is -0.207. The second kappa shape index (κ2) is 7.09. The van der Waals surface area contributed by atoms with Crippen LogP contribution in [0.2, 0.25) is 0 Å². The largest absolute Gasteiger partial charge is 0.480 e. The SMILES string of the molecule is CCCN(C)C(=O)N(CCC)CC(=O)O. The van der Waals surface area contributed by atoms with Crippen molar-refractivity contribution in [2.75, 3.05) is 26.7 Å². The first kappa shape index (κ1) is 13.7. The lowest BCUT2D eigenvalue weighted by Gasteiger charge is -2.26. The van der Waals surface area contributed by atoms with Gasteiger partial charge in [-0.3, -0.25) is 4.79 Å². The highest BCUT2D eigenvalue weighted by Crippen LogP contribution is 1.99. The van der Waals surface area contributed by atoms with Crippen LogP contribution in [0, 0.1) is 0 Å². The first-order valence-electron chi connectivity index (χ1n) is 5.24. The molecule has 5 heteroatoms. The Labute approximate surface area is 90.7 Å². The van der Waals surface area contributed by atoms with Gasteiger partial charge in [0.1, 0.15) is 6.54 Å². The number of carboxylic acids is 1. The Morgan fingerprint density at radius 3 is 2.07 bits per heavy atom. The highest BCUT2D eigenvalue weighted by molar-refractivity contribution is 5.79. The minimum absolute atomic E-state index is 0.207. The first-order valence-corrected chi connectivity index (χ1v) is 5.24. The molecular formula is C10H20N2O3. The van der Waals surface area contributed by atoms with Gasteiger partial charge in [-0.15, -0.1) is 0 Å². The molecule has 0 heterocycles. The molecule has 0 aliphatic heterocycles. The number of hydrogen-bond donors (Lipinski definition) is 1. The van der Waals surface area contributed by atoms with E-state index in [0.717, 1.165) is 12.8 Å². The molecule has 5 nitrogen and oxygen atoms in total. The second-order valence-electron chi connectivity index (χ2n) is 3.52. The molecule has 0 rings (SSSR count). The van der Waals surface area contributed by atoms with E-state index in [2.05, 4.69) is 0 Å². The van der Waals surface area contributed by atoms with Crippen LogP contribution < -0.4 is 0 Å².